The molecule has 26 heavy (non-hydrogen) atoms. The van der Waals surface area contributed by atoms with Crippen LogP contribution in [0.15, 0.2) is 53.3 Å². The van der Waals surface area contributed by atoms with E-state index in [1.165, 1.54) is 0 Å². The van der Waals surface area contributed by atoms with E-state index in [4.69, 9.17) is 5.73 Å². The molecule has 0 amide bonds. The molecule has 0 bridgehead atoms. The van der Waals surface area contributed by atoms with Gasteiger partial charge >= 0.3 is 0 Å². The Morgan fingerprint density at radius 3 is 2.38 bits per heavy atom. The lowest BCUT2D eigenvalue weighted by atomic mass is 9.95. The van der Waals surface area contributed by atoms with Gasteiger partial charge in [-0.1, -0.05) is 44.2 Å². The Hall–Kier alpha value is -2.61. The molecule has 134 valence electrons. The number of benzene rings is 2. The molecule has 0 saturated heterocycles. The number of hydrogen-bond donors (Lipinski definition) is 1. The fourth-order valence-corrected chi connectivity index (χ4v) is 3.26. The molecule has 0 aliphatic rings. The first-order valence-corrected chi connectivity index (χ1v) is 8.41. The van der Waals surface area contributed by atoms with E-state index in [9.17, 15) is 10.1 Å². The van der Waals surface area contributed by atoms with Gasteiger partial charge in [0.05, 0.1) is 11.6 Å². The smallest absolute Gasteiger partial charge is 0.258 e. The first kappa shape index (κ1) is 19.7. The summed E-state index contributed by atoms with van der Waals surface area (Å²) in [4.78, 5) is 13.1. The summed E-state index contributed by atoms with van der Waals surface area (Å²) in [5, 5.41) is 10.7. The van der Waals surface area contributed by atoms with E-state index in [1.807, 2.05) is 30.3 Å². The number of fused-ring (bicyclic) bond motifs is 1. The molecular weight excluding hydrogens is 346 g/mol. The lowest BCUT2D eigenvalue weighted by Crippen LogP contribution is -2.28. The van der Waals surface area contributed by atoms with Crippen molar-refractivity contribution in [3.05, 3.63) is 70.1 Å². The molecule has 3 aromatic rings. The molecule has 0 fully saturated rings. The van der Waals surface area contributed by atoms with E-state index >= 15 is 0 Å². The molecule has 2 aromatic carbocycles. The standard InChI is InChI=1S/C21H21N3O.ClH/c1-14(2)13-24-19(12-23)20(16-6-4-3-5-7-16)18-10-15(11-22)8-9-17(18)21(24)25;/h3-10,14H,12-13,23H2,1-2H3;1H. The Labute approximate surface area is 159 Å². The normalized spacial score (nSPS) is 10.6. The second-order valence-corrected chi connectivity index (χ2v) is 6.57. The van der Waals surface area contributed by atoms with Gasteiger partial charge in [0.1, 0.15) is 0 Å². The van der Waals surface area contributed by atoms with Crippen LogP contribution in [0.4, 0.5) is 0 Å². The Bertz CT molecular complexity index is 1020. The molecule has 0 unspecified atom stereocenters. The number of aromatic nitrogens is 1. The maximum atomic E-state index is 13.1. The highest BCUT2D eigenvalue weighted by molar-refractivity contribution is 5.98. The number of pyridine rings is 1. The summed E-state index contributed by atoms with van der Waals surface area (Å²) >= 11 is 0. The van der Waals surface area contributed by atoms with Crippen LogP contribution in [0.5, 0.6) is 0 Å². The van der Waals surface area contributed by atoms with Crippen molar-refractivity contribution in [2.75, 3.05) is 0 Å². The third kappa shape index (κ3) is 3.50. The minimum atomic E-state index is -0.0479. The van der Waals surface area contributed by atoms with Gasteiger partial charge in [-0.05, 0) is 35.1 Å². The third-order valence-electron chi connectivity index (χ3n) is 4.31. The summed E-state index contributed by atoms with van der Waals surface area (Å²) in [6.45, 7) is 5.04. The molecular formula is C21H22ClN3O. The second kappa shape index (κ2) is 8.18. The summed E-state index contributed by atoms with van der Waals surface area (Å²) in [7, 11) is 0. The van der Waals surface area contributed by atoms with Gasteiger partial charge in [-0.25, -0.2) is 0 Å². The van der Waals surface area contributed by atoms with E-state index in [0.29, 0.717) is 23.4 Å². The van der Waals surface area contributed by atoms with Crippen LogP contribution in [-0.2, 0) is 13.1 Å². The number of nitriles is 1. The molecule has 3 rings (SSSR count). The zero-order valence-electron chi connectivity index (χ0n) is 14.9. The second-order valence-electron chi connectivity index (χ2n) is 6.57. The SMILES string of the molecule is CC(C)Cn1c(CN)c(-c2ccccc2)c2cc(C#N)ccc2c1=O.Cl. The quantitative estimate of drug-likeness (QED) is 0.755. The summed E-state index contributed by atoms with van der Waals surface area (Å²) in [6, 6.07) is 17.3. The average molecular weight is 368 g/mol. The van der Waals surface area contributed by atoms with Crippen molar-refractivity contribution in [2.45, 2.75) is 26.9 Å². The van der Waals surface area contributed by atoms with Crippen molar-refractivity contribution >= 4 is 23.2 Å². The van der Waals surface area contributed by atoms with Crippen LogP contribution in [0.3, 0.4) is 0 Å². The van der Waals surface area contributed by atoms with Crippen LogP contribution in [0.2, 0.25) is 0 Å². The Kier molecular flexibility index (Phi) is 6.20. The molecule has 5 heteroatoms. The first-order chi connectivity index (χ1) is 12.1. The van der Waals surface area contributed by atoms with E-state index in [1.54, 1.807) is 22.8 Å². The average Bonchev–Trinajstić information content (AvgIpc) is 2.63. The summed E-state index contributed by atoms with van der Waals surface area (Å²) in [5.74, 6) is 0.322. The minimum Gasteiger partial charge on any atom is -0.325 e. The van der Waals surface area contributed by atoms with Crippen molar-refractivity contribution in [3.63, 3.8) is 0 Å². The molecule has 1 heterocycles. The van der Waals surface area contributed by atoms with Gasteiger partial charge in [-0.3, -0.25) is 4.79 Å². The zero-order valence-corrected chi connectivity index (χ0v) is 15.7. The Morgan fingerprint density at radius 2 is 1.81 bits per heavy atom. The van der Waals surface area contributed by atoms with Crippen molar-refractivity contribution in [1.29, 1.82) is 5.26 Å². The summed E-state index contributed by atoms with van der Waals surface area (Å²) in [6.07, 6.45) is 0. The fourth-order valence-electron chi connectivity index (χ4n) is 3.26. The van der Waals surface area contributed by atoms with Crippen molar-refractivity contribution in [2.24, 2.45) is 11.7 Å². The maximum Gasteiger partial charge on any atom is 0.258 e. The number of halogens is 1. The van der Waals surface area contributed by atoms with Crippen LogP contribution >= 0.6 is 12.4 Å². The molecule has 0 saturated carbocycles. The monoisotopic (exact) mass is 367 g/mol. The van der Waals surface area contributed by atoms with Crippen molar-refractivity contribution in [3.8, 4) is 17.2 Å². The highest BCUT2D eigenvalue weighted by Gasteiger charge is 2.18. The highest BCUT2D eigenvalue weighted by atomic mass is 35.5. The fraction of sp³-hybridized carbons (Fsp3) is 0.238. The number of nitrogens with two attached hydrogens (primary N) is 1. The Balaban J connectivity index is 0.00000243. The molecule has 0 atom stereocenters. The topological polar surface area (TPSA) is 71.8 Å². The summed E-state index contributed by atoms with van der Waals surface area (Å²) in [5.41, 5.74) is 9.31. The largest absolute Gasteiger partial charge is 0.325 e. The van der Waals surface area contributed by atoms with E-state index < -0.39 is 0 Å². The van der Waals surface area contributed by atoms with Gasteiger partial charge in [-0.2, -0.15) is 5.26 Å². The van der Waals surface area contributed by atoms with Gasteiger partial charge in [0.25, 0.3) is 5.56 Å². The zero-order chi connectivity index (χ0) is 18.0. The molecule has 2 N–H and O–H groups in total. The van der Waals surface area contributed by atoms with E-state index in [2.05, 4.69) is 19.9 Å². The van der Waals surface area contributed by atoms with Gasteiger partial charge in [0, 0.05) is 29.7 Å². The lowest BCUT2D eigenvalue weighted by molar-refractivity contribution is 0.499. The highest BCUT2D eigenvalue weighted by Crippen LogP contribution is 2.31. The molecule has 4 nitrogen and oxygen atoms in total. The number of hydrogen-bond acceptors (Lipinski definition) is 3. The molecule has 0 spiro atoms. The molecule has 1 aromatic heterocycles. The number of rotatable bonds is 4. The molecule has 0 aliphatic heterocycles. The predicted molar refractivity (Wildman–Crippen MR) is 108 cm³/mol. The van der Waals surface area contributed by atoms with Crippen LogP contribution in [0.1, 0.15) is 25.1 Å². The Morgan fingerprint density at radius 1 is 1.12 bits per heavy atom. The van der Waals surface area contributed by atoms with Crippen LogP contribution in [-0.4, -0.2) is 4.57 Å². The predicted octanol–water partition coefficient (Wildman–Crippen LogP) is 4.08. The van der Waals surface area contributed by atoms with Crippen molar-refractivity contribution < 1.29 is 0 Å². The van der Waals surface area contributed by atoms with Crippen molar-refractivity contribution in [1.82, 2.24) is 4.57 Å². The van der Waals surface area contributed by atoms with Gasteiger partial charge in [0.2, 0.25) is 0 Å². The lowest BCUT2D eigenvalue weighted by Gasteiger charge is -2.20. The van der Waals surface area contributed by atoms with Gasteiger partial charge < -0.3 is 10.3 Å². The molecule has 0 radical (unpaired) electrons. The van der Waals surface area contributed by atoms with Crippen LogP contribution < -0.4 is 11.3 Å². The molecule has 0 aliphatic carbocycles. The first-order valence-electron chi connectivity index (χ1n) is 8.41. The maximum absolute atomic E-state index is 13.1. The van der Waals surface area contributed by atoms with Gasteiger partial charge in [-0.15, -0.1) is 12.4 Å². The van der Waals surface area contributed by atoms with Crippen LogP contribution in [0, 0.1) is 17.2 Å². The number of nitrogens with zero attached hydrogens (tertiary/aromatic N) is 2. The summed E-state index contributed by atoms with van der Waals surface area (Å²) < 4.78 is 1.79. The third-order valence-corrected chi connectivity index (χ3v) is 4.31. The van der Waals surface area contributed by atoms with E-state index in [-0.39, 0.29) is 24.5 Å². The van der Waals surface area contributed by atoms with E-state index in [0.717, 1.165) is 22.2 Å². The van der Waals surface area contributed by atoms with Gasteiger partial charge in [0.15, 0.2) is 0 Å². The van der Waals surface area contributed by atoms with Crippen LogP contribution in [0.25, 0.3) is 21.9 Å². The minimum absolute atomic E-state index is 0.